The van der Waals surface area contributed by atoms with Gasteiger partial charge in [0.15, 0.2) is 17.3 Å². The molecule has 0 saturated carbocycles. The van der Waals surface area contributed by atoms with Gasteiger partial charge in [-0.05, 0) is 48.2 Å². The smallest absolute Gasteiger partial charge is 0.177 e. The molecule has 2 aliphatic heterocycles. The first-order valence-electron chi connectivity index (χ1n) is 8.90. The van der Waals surface area contributed by atoms with Crippen LogP contribution in [-0.4, -0.2) is 37.7 Å². The van der Waals surface area contributed by atoms with Gasteiger partial charge in [0, 0.05) is 36.8 Å². The molecule has 2 aromatic rings. The molecule has 138 valence electrons. The minimum absolute atomic E-state index is 0.0710. The van der Waals surface area contributed by atoms with E-state index < -0.39 is 0 Å². The van der Waals surface area contributed by atoms with Crippen LogP contribution in [0.2, 0.25) is 5.02 Å². The molecule has 2 heterocycles. The van der Waals surface area contributed by atoms with Gasteiger partial charge in [0.05, 0.1) is 12.1 Å². The summed E-state index contributed by atoms with van der Waals surface area (Å²) in [5, 5.41) is 10.6. The van der Waals surface area contributed by atoms with Crippen molar-refractivity contribution in [2.24, 2.45) is 9.98 Å². The van der Waals surface area contributed by atoms with Gasteiger partial charge in [-0.15, -0.1) is 0 Å². The third-order valence-corrected chi connectivity index (χ3v) is 5.12. The molecule has 1 N–H and O–H groups in total. The van der Waals surface area contributed by atoms with Crippen LogP contribution in [0.15, 0.2) is 46.1 Å². The molecular formula is C21H20ClN3O2. The lowest BCUT2D eigenvalue weighted by atomic mass is 9.97. The maximum atomic E-state index is 10.4. The fourth-order valence-corrected chi connectivity index (χ4v) is 3.73. The Morgan fingerprint density at radius 1 is 1.11 bits per heavy atom. The molecule has 0 radical (unpaired) electrons. The van der Waals surface area contributed by atoms with Crippen molar-refractivity contribution < 1.29 is 9.84 Å². The SMILES string of the molecule is COc1c(O)c(Cl)cc(C=C2N=CC=N2)c1-c1ccc(N2CCCC2)cc1. The minimum Gasteiger partial charge on any atom is -0.503 e. The number of aromatic hydroxyl groups is 1. The van der Waals surface area contributed by atoms with Crippen molar-refractivity contribution in [1.29, 1.82) is 0 Å². The molecular weight excluding hydrogens is 362 g/mol. The zero-order valence-corrected chi connectivity index (χ0v) is 15.8. The Bertz CT molecular complexity index is 929. The van der Waals surface area contributed by atoms with Crippen molar-refractivity contribution in [3.63, 3.8) is 0 Å². The van der Waals surface area contributed by atoms with E-state index in [9.17, 15) is 5.11 Å². The van der Waals surface area contributed by atoms with Crippen LogP contribution in [0.3, 0.4) is 0 Å². The number of benzene rings is 2. The standard InChI is InChI=1S/C21H20ClN3O2/c1-27-21-19(14-4-6-16(7-5-14)25-10-2-3-11-25)15(12-17(22)20(21)26)13-18-23-8-9-24-18/h4-9,12-13,26H,2-3,10-11H2,1H3. The molecule has 4 rings (SSSR count). The Morgan fingerprint density at radius 3 is 2.41 bits per heavy atom. The lowest BCUT2D eigenvalue weighted by Gasteiger charge is -2.19. The van der Waals surface area contributed by atoms with Gasteiger partial charge in [0.2, 0.25) is 0 Å². The molecule has 1 fully saturated rings. The Kier molecular flexibility index (Phi) is 4.86. The number of ether oxygens (including phenoxy) is 1. The number of phenols is 1. The maximum absolute atomic E-state index is 10.4. The van der Waals surface area contributed by atoms with Gasteiger partial charge in [-0.2, -0.15) is 0 Å². The van der Waals surface area contributed by atoms with Crippen LogP contribution in [0.25, 0.3) is 17.2 Å². The summed E-state index contributed by atoms with van der Waals surface area (Å²) in [4.78, 5) is 10.8. The van der Waals surface area contributed by atoms with Crippen LogP contribution in [0, 0.1) is 0 Å². The fraction of sp³-hybridized carbons (Fsp3) is 0.238. The van der Waals surface area contributed by atoms with Crippen LogP contribution in [0.4, 0.5) is 5.69 Å². The predicted molar refractivity (Wildman–Crippen MR) is 112 cm³/mol. The summed E-state index contributed by atoms with van der Waals surface area (Å²) in [5.41, 5.74) is 3.69. The van der Waals surface area contributed by atoms with Crippen molar-refractivity contribution >= 4 is 35.8 Å². The Hall–Kier alpha value is -2.79. The lowest BCUT2D eigenvalue weighted by molar-refractivity contribution is 0.375. The highest BCUT2D eigenvalue weighted by molar-refractivity contribution is 6.32. The normalized spacial score (nSPS) is 15.6. The van der Waals surface area contributed by atoms with E-state index in [0.717, 1.165) is 29.8 Å². The molecule has 2 aromatic carbocycles. The molecule has 0 amide bonds. The van der Waals surface area contributed by atoms with E-state index in [2.05, 4.69) is 27.0 Å². The number of anilines is 1. The second-order valence-corrected chi connectivity index (χ2v) is 6.91. The number of hydrogen-bond acceptors (Lipinski definition) is 5. The predicted octanol–water partition coefficient (Wildman–Crippen LogP) is 4.78. The van der Waals surface area contributed by atoms with Crippen LogP contribution < -0.4 is 9.64 Å². The molecule has 5 nitrogen and oxygen atoms in total. The van der Waals surface area contributed by atoms with Gasteiger partial charge in [-0.3, -0.25) is 0 Å². The summed E-state index contributed by atoms with van der Waals surface area (Å²) in [6, 6.07) is 10.0. The maximum Gasteiger partial charge on any atom is 0.177 e. The van der Waals surface area contributed by atoms with Gasteiger partial charge in [-0.25, -0.2) is 9.98 Å². The molecule has 2 aliphatic rings. The van der Waals surface area contributed by atoms with Gasteiger partial charge in [0.1, 0.15) is 0 Å². The molecule has 0 bridgehead atoms. The van der Waals surface area contributed by atoms with E-state index in [1.807, 2.05) is 18.2 Å². The topological polar surface area (TPSA) is 57.4 Å². The molecule has 0 aliphatic carbocycles. The van der Waals surface area contributed by atoms with E-state index in [1.54, 1.807) is 18.5 Å². The number of phenolic OH excluding ortho intramolecular Hbond substituents is 1. The van der Waals surface area contributed by atoms with Gasteiger partial charge >= 0.3 is 0 Å². The first-order valence-corrected chi connectivity index (χ1v) is 9.28. The van der Waals surface area contributed by atoms with Crippen LogP contribution in [0.1, 0.15) is 18.4 Å². The third kappa shape index (κ3) is 3.43. The number of halogens is 1. The zero-order valence-electron chi connectivity index (χ0n) is 15.0. The van der Waals surface area contributed by atoms with Gasteiger partial charge in [0.25, 0.3) is 0 Å². The zero-order chi connectivity index (χ0) is 18.8. The molecule has 0 atom stereocenters. The fourth-order valence-electron chi connectivity index (χ4n) is 3.53. The average Bonchev–Trinajstić information content (AvgIpc) is 3.38. The third-order valence-electron chi connectivity index (χ3n) is 4.84. The second-order valence-electron chi connectivity index (χ2n) is 6.50. The Labute approximate surface area is 163 Å². The summed E-state index contributed by atoms with van der Waals surface area (Å²) in [6.45, 7) is 2.19. The van der Waals surface area contributed by atoms with Crippen molar-refractivity contribution in [2.45, 2.75) is 12.8 Å². The summed E-state index contributed by atoms with van der Waals surface area (Å²) in [6.07, 6.45) is 7.57. The molecule has 0 aromatic heterocycles. The van der Waals surface area contributed by atoms with E-state index in [4.69, 9.17) is 16.3 Å². The monoisotopic (exact) mass is 381 g/mol. The first-order chi connectivity index (χ1) is 13.2. The highest BCUT2D eigenvalue weighted by Crippen LogP contribution is 2.45. The van der Waals surface area contributed by atoms with E-state index in [-0.39, 0.29) is 10.8 Å². The van der Waals surface area contributed by atoms with Crippen molar-refractivity contribution in [2.75, 3.05) is 25.1 Å². The highest BCUT2D eigenvalue weighted by atomic mass is 35.5. The average molecular weight is 382 g/mol. The Morgan fingerprint density at radius 2 is 1.78 bits per heavy atom. The van der Waals surface area contributed by atoms with Crippen molar-refractivity contribution in [1.82, 2.24) is 0 Å². The first kappa shape index (κ1) is 17.6. The molecule has 27 heavy (non-hydrogen) atoms. The quantitative estimate of drug-likeness (QED) is 0.829. The van der Waals surface area contributed by atoms with Crippen molar-refractivity contribution in [3.05, 3.63) is 46.7 Å². The lowest BCUT2D eigenvalue weighted by Crippen LogP contribution is -2.17. The van der Waals surface area contributed by atoms with E-state index in [1.165, 1.54) is 25.6 Å². The van der Waals surface area contributed by atoms with E-state index >= 15 is 0 Å². The van der Waals surface area contributed by atoms with Crippen LogP contribution in [0.5, 0.6) is 11.5 Å². The summed E-state index contributed by atoms with van der Waals surface area (Å²) < 4.78 is 5.50. The molecule has 0 spiro atoms. The number of methoxy groups -OCH3 is 1. The minimum atomic E-state index is -0.0710. The Balaban J connectivity index is 1.82. The largest absolute Gasteiger partial charge is 0.503 e. The van der Waals surface area contributed by atoms with Crippen molar-refractivity contribution in [3.8, 4) is 22.6 Å². The van der Waals surface area contributed by atoms with Gasteiger partial charge < -0.3 is 14.7 Å². The number of hydrogen-bond donors (Lipinski definition) is 1. The number of rotatable bonds is 4. The van der Waals surface area contributed by atoms with Gasteiger partial charge in [-0.1, -0.05) is 23.7 Å². The molecule has 6 heteroatoms. The summed E-state index contributed by atoms with van der Waals surface area (Å²) in [5.74, 6) is 0.848. The summed E-state index contributed by atoms with van der Waals surface area (Å²) in [7, 11) is 1.52. The van der Waals surface area contributed by atoms with E-state index in [0.29, 0.717) is 11.6 Å². The molecule has 1 saturated heterocycles. The highest BCUT2D eigenvalue weighted by Gasteiger charge is 2.20. The van der Waals surface area contributed by atoms with Crippen LogP contribution in [-0.2, 0) is 0 Å². The number of aliphatic imine (C=N–C) groups is 2. The molecule has 0 unspecified atom stereocenters. The number of nitrogens with zero attached hydrogens (tertiary/aromatic N) is 3. The van der Waals surface area contributed by atoms with Crippen LogP contribution >= 0.6 is 11.6 Å². The summed E-state index contributed by atoms with van der Waals surface area (Å²) >= 11 is 6.21. The second kappa shape index (κ2) is 7.45.